The Morgan fingerprint density at radius 3 is 2.75 bits per heavy atom. The van der Waals surface area contributed by atoms with Crippen LogP contribution in [-0.2, 0) is 9.53 Å². The third-order valence-electron chi connectivity index (χ3n) is 1.43. The fourth-order valence-electron chi connectivity index (χ4n) is 0.876. The zero-order valence-corrected chi connectivity index (χ0v) is 8.75. The minimum atomic E-state index is -0.188. The summed E-state index contributed by atoms with van der Waals surface area (Å²) in [6, 6.07) is 0. The average Bonchev–Trinajstić information content (AvgIpc) is 2.05. The van der Waals surface area contributed by atoms with Crippen molar-refractivity contribution < 1.29 is 9.53 Å². The molecule has 1 aliphatic rings. The van der Waals surface area contributed by atoms with Crippen LogP contribution in [0.25, 0.3) is 0 Å². The van der Waals surface area contributed by atoms with Crippen LogP contribution in [0.2, 0.25) is 0 Å². The molecule has 0 aliphatic carbocycles. The zero-order valence-electron chi connectivity index (χ0n) is 7.12. The number of nitrogens with zero attached hydrogens (tertiary/aromatic N) is 1. The van der Waals surface area contributed by atoms with E-state index in [9.17, 15) is 4.79 Å². The van der Waals surface area contributed by atoms with E-state index in [-0.39, 0.29) is 5.97 Å². The van der Waals surface area contributed by atoms with Gasteiger partial charge in [-0.2, -0.15) is 0 Å². The van der Waals surface area contributed by atoms with E-state index in [1.807, 2.05) is 23.5 Å². The minimum Gasteiger partial charge on any atom is -0.465 e. The first-order valence-corrected chi connectivity index (χ1v) is 6.11. The number of hydrogen-bond donors (Lipinski definition) is 0. The summed E-state index contributed by atoms with van der Waals surface area (Å²) in [6.45, 7) is 2.83. The van der Waals surface area contributed by atoms with Crippen molar-refractivity contribution in [3.63, 3.8) is 0 Å². The Labute approximate surface area is 81.2 Å². The quantitative estimate of drug-likeness (QED) is 0.649. The molecule has 0 aromatic rings. The molecule has 0 saturated carbocycles. The number of hydrogen-bond acceptors (Lipinski definition) is 5. The standard InChI is InChI=1S/C7H13NO2S2/c1-7(9)10-3-2-8-4-11-6-12-5-8/h2-6H2,1H3. The number of thioether (sulfide) groups is 2. The topological polar surface area (TPSA) is 29.5 Å². The lowest BCUT2D eigenvalue weighted by Crippen LogP contribution is -2.29. The van der Waals surface area contributed by atoms with Crippen LogP contribution in [0.1, 0.15) is 6.92 Å². The van der Waals surface area contributed by atoms with Gasteiger partial charge in [0.05, 0.1) is 0 Å². The fraction of sp³-hybridized carbons (Fsp3) is 0.857. The maximum absolute atomic E-state index is 10.4. The van der Waals surface area contributed by atoms with Crippen molar-refractivity contribution in [1.82, 2.24) is 4.90 Å². The third-order valence-corrected chi connectivity index (χ3v) is 3.86. The Bertz CT molecular complexity index is 148. The largest absolute Gasteiger partial charge is 0.465 e. The van der Waals surface area contributed by atoms with E-state index in [0.717, 1.165) is 18.3 Å². The van der Waals surface area contributed by atoms with Crippen molar-refractivity contribution in [3.8, 4) is 0 Å². The molecule has 3 nitrogen and oxygen atoms in total. The van der Waals surface area contributed by atoms with Crippen molar-refractivity contribution in [2.24, 2.45) is 0 Å². The van der Waals surface area contributed by atoms with Crippen molar-refractivity contribution in [1.29, 1.82) is 0 Å². The van der Waals surface area contributed by atoms with Crippen LogP contribution < -0.4 is 0 Å². The Morgan fingerprint density at radius 2 is 2.17 bits per heavy atom. The smallest absolute Gasteiger partial charge is 0.302 e. The molecule has 5 heteroatoms. The molecule has 0 bridgehead atoms. The van der Waals surface area contributed by atoms with Crippen LogP contribution in [0.15, 0.2) is 0 Å². The van der Waals surface area contributed by atoms with Crippen LogP contribution in [0.5, 0.6) is 0 Å². The molecule has 0 aromatic heterocycles. The summed E-state index contributed by atoms with van der Waals surface area (Å²) < 4.78 is 4.85. The van der Waals surface area contributed by atoms with Crippen LogP contribution in [0.4, 0.5) is 0 Å². The predicted molar refractivity (Wildman–Crippen MR) is 53.1 cm³/mol. The first-order valence-electron chi connectivity index (χ1n) is 3.80. The third kappa shape index (κ3) is 4.23. The van der Waals surface area contributed by atoms with Gasteiger partial charge in [-0.25, -0.2) is 0 Å². The van der Waals surface area contributed by atoms with Crippen molar-refractivity contribution in [2.75, 3.05) is 30.0 Å². The molecular formula is C7H13NO2S2. The van der Waals surface area contributed by atoms with Gasteiger partial charge in [-0.3, -0.25) is 9.69 Å². The molecule has 0 amide bonds. The average molecular weight is 207 g/mol. The SMILES string of the molecule is CC(=O)OCCN1CSCSC1. The van der Waals surface area contributed by atoms with Crippen LogP contribution in [0.3, 0.4) is 0 Å². The van der Waals surface area contributed by atoms with E-state index >= 15 is 0 Å². The van der Waals surface area contributed by atoms with Crippen molar-refractivity contribution >= 4 is 29.5 Å². The van der Waals surface area contributed by atoms with E-state index in [1.165, 1.54) is 12.0 Å². The van der Waals surface area contributed by atoms with Gasteiger partial charge in [0.25, 0.3) is 0 Å². The highest BCUT2D eigenvalue weighted by Crippen LogP contribution is 2.20. The first-order chi connectivity index (χ1) is 5.79. The molecule has 0 aromatic carbocycles. The second kappa shape index (κ2) is 5.72. The molecule has 0 radical (unpaired) electrons. The maximum atomic E-state index is 10.4. The summed E-state index contributed by atoms with van der Waals surface area (Å²) in [5.74, 6) is 1.94. The number of rotatable bonds is 3. The predicted octanol–water partition coefficient (Wildman–Crippen LogP) is 1.20. The highest BCUT2D eigenvalue weighted by atomic mass is 32.2. The van der Waals surface area contributed by atoms with Gasteiger partial charge < -0.3 is 4.74 Å². The van der Waals surface area contributed by atoms with Gasteiger partial charge in [0.2, 0.25) is 0 Å². The number of ether oxygens (including phenoxy) is 1. The van der Waals surface area contributed by atoms with E-state index in [2.05, 4.69) is 4.90 Å². The first kappa shape index (κ1) is 10.2. The molecule has 1 fully saturated rings. The highest BCUT2D eigenvalue weighted by molar-refractivity contribution is 8.16. The summed E-state index contributed by atoms with van der Waals surface area (Å²) in [5, 5.41) is 1.18. The molecule has 1 rings (SSSR count). The molecule has 1 heterocycles. The lowest BCUT2D eigenvalue weighted by atomic mass is 10.6. The Morgan fingerprint density at radius 1 is 1.50 bits per heavy atom. The van der Waals surface area contributed by atoms with Gasteiger partial charge in [-0.15, -0.1) is 23.5 Å². The van der Waals surface area contributed by atoms with E-state index in [0.29, 0.717) is 6.61 Å². The van der Waals surface area contributed by atoms with Crippen molar-refractivity contribution in [3.05, 3.63) is 0 Å². The van der Waals surface area contributed by atoms with Crippen LogP contribution >= 0.6 is 23.5 Å². The van der Waals surface area contributed by atoms with Crippen LogP contribution in [0, 0.1) is 0 Å². The lowest BCUT2D eigenvalue weighted by Gasteiger charge is -2.24. The molecule has 1 saturated heterocycles. The molecule has 12 heavy (non-hydrogen) atoms. The van der Waals surface area contributed by atoms with Crippen molar-refractivity contribution in [2.45, 2.75) is 6.92 Å². The summed E-state index contributed by atoms with van der Waals surface area (Å²) >= 11 is 3.82. The number of carbonyl (C=O) groups excluding carboxylic acids is 1. The fourth-order valence-corrected chi connectivity index (χ4v) is 3.02. The Kier molecular flexibility index (Phi) is 4.87. The Hall–Kier alpha value is 0.130. The number of esters is 1. The molecule has 0 atom stereocenters. The van der Waals surface area contributed by atoms with Gasteiger partial charge in [0.1, 0.15) is 6.61 Å². The Balaban J connectivity index is 2.01. The summed E-state index contributed by atoms with van der Waals surface area (Å²) in [7, 11) is 0. The number of carbonyl (C=O) groups is 1. The lowest BCUT2D eigenvalue weighted by molar-refractivity contribution is -0.141. The van der Waals surface area contributed by atoms with E-state index in [4.69, 9.17) is 4.74 Å². The summed E-state index contributed by atoms with van der Waals surface area (Å²) in [6.07, 6.45) is 0. The molecule has 0 N–H and O–H groups in total. The van der Waals surface area contributed by atoms with Crippen LogP contribution in [-0.4, -0.2) is 40.9 Å². The van der Waals surface area contributed by atoms with Gasteiger partial charge in [-0.05, 0) is 0 Å². The highest BCUT2D eigenvalue weighted by Gasteiger charge is 2.09. The second-order valence-electron chi connectivity index (χ2n) is 2.52. The van der Waals surface area contributed by atoms with E-state index < -0.39 is 0 Å². The normalized spacial score (nSPS) is 19.1. The maximum Gasteiger partial charge on any atom is 0.302 e. The van der Waals surface area contributed by atoms with Gasteiger partial charge in [0.15, 0.2) is 0 Å². The molecule has 1 aliphatic heterocycles. The molecule has 70 valence electrons. The summed E-state index contributed by atoms with van der Waals surface area (Å²) in [4.78, 5) is 12.7. The monoisotopic (exact) mass is 207 g/mol. The van der Waals surface area contributed by atoms with Gasteiger partial charge >= 0.3 is 5.97 Å². The minimum absolute atomic E-state index is 0.188. The molecule has 0 spiro atoms. The van der Waals surface area contributed by atoms with Gasteiger partial charge in [-0.1, -0.05) is 0 Å². The molecular weight excluding hydrogens is 194 g/mol. The molecule has 0 unspecified atom stereocenters. The zero-order chi connectivity index (χ0) is 8.81. The van der Waals surface area contributed by atoms with E-state index in [1.54, 1.807) is 0 Å². The second-order valence-corrected chi connectivity index (χ2v) is 4.79. The summed E-state index contributed by atoms with van der Waals surface area (Å²) in [5.41, 5.74) is 0. The van der Waals surface area contributed by atoms with Gasteiger partial charge in [0, 0.05) is 30.3 Å².